The molecule has 1 aromatic heterocycles. The number of nitrogens with zero attached hydrogens (tertiary/aromatic N) is 2. The highest BCUT2D eigenvalue weighted by Crippen LogP contribution is 2.32. The molecule has 0 saturated heterocycles. The standard InChI is InChI=1S/C30H31FN2O3/c1-21-30(22(2)36-32-21)26-9-10-29-27(18-26)16-23-5-3-6-24(15-23)19-33(11-12-34-13-14-35-29)20-25-7-4-8-28(31)17-25/h3-10,15,17-18H,11-14,16,19-20H2,1-2H3. The number of hydrogen-bond acceptors (Lipinski definition) is 5. The van der Waals surface area contributed by atoms with Crippen molar-refractivity contribution < 1.29 is 18.4 Å². The number of aromatic nitrogens is 1. The van der Waals surface area contributed by atoms with Crippen molar-refractivity contribution in [1.29, 1.82) is 0 Å². The van der Waals surface area contributed by atoms with Crippen LogP contribution in [0.5, 0.6) is 5.75 Å². The Labute approximate surface area is 211 Å². The van der Waals surface area contributed by atoms with Gasteiger partial charge in [0.05, 0.1) is 18.9 Å². The lowest BCUT2D eigenvalue weighted by Gasteiger charge is -2.23. The molecule has 0 radical (unpaired) electrons. The van der Waals surface area contributed by atoms with E-state index in [1.54, 1.807) is 12.1 Å². The van der Waals surface area contributed by atoms with Gasteiger partial charge in [-0.3, -0.25) is 4.90 Å². The van der Waals surface area contributed by atoms with E-state index in [-0.39, 0.29) is 5.82 Å². The van der Waals surface area contributed by atoms with Crippen molar-refractivity contribution in [2.75, 3.05) is 26.4 Å². The Hall–Kier alpha value is -3.48. The van der Waals surface area contributed by atoms with Gasteiger partial charge >= 0.3 is 0 Å². The summed E-state index contributed by atoms with van der Waals surface area (Å²) in [5.74, 6) is 1.46. The molecule has 1 aliphatic rings. The Morgan fingerprint density at radius 2 is 1.78 bits per heavy atom. The first kappa shape index (κ1) is 24.2. The second kappa shape index (κ2) is 11.1. The van der Waals surface area contributed by atoms with Crippen LogP contribution in [0.4, 0.5) is 4.39 Å². The molecule has 5 rings (SSSR count). The molecule has 0 fully saturated rings. The lowest BCUT2D eigenvalue weighted by atomic mass is 9.96. The zero-order valence-electron chi connectivity index (χ0n) is 20.8. The summed E-state index contributed by atoms with van der Waals surface area (Å²) in [6.07, 6.45) is 0.741. The van der Waals surface area contributed by atoms with Gasteiger partial charge in [-0.2, -0.15) is 0 Å². The summed E-state index contributed by atoms with van der Waals surface area (Å²) in [4.78, 5) is 2.30. The molecule has 1 aliphatic heterocycles. The number of halogens is 1. The first-order chi connectivity index (χ1) is 17.5. The molecular weight excluding hydrogens is 455 g/mol. The summed E-state index contributed by atoms with van der Waals surface area (Å²) in [5.41, 5.74) is 7.47. The molecule has 186 valence electrons. The summed E-state index contributed by atoms with van der Waals surface area (Å²) in [6.45, 7) is 7.63. The van der Waals surface area contributed by atoms with Crippen LogP contribution in [-0.2, 0) is 24.2 Å². The predicted molar refractivity (Wildman–Crippen MR) is 137 cm³/mol. The molecule has 0 aliphatic carbocycles. The van der Waals surface area contributed by atoms with E-state index in [1.807, 2.05) is 26.0 Å². The Balaban J connectivity index is 1.44. The van der Waals surface area contributed by atoms with Crippen molar-refractivity contribution >= 4 is 0 Å². The van der Waals surface area contributed by atoms with Crippen LogP contribution in [0.1, 0.15) is 33.7 Å². The predicted octanol–water partition coefficient (Wildman–Crippen LogP) is 6.10. The van der Waals surface area contributed by atoms with E-state index in [0.717, 1.165) is 59.0 Å². The number of rotatable bonds is 3. The van der Waals surface area contributed by atoms with Gasteiger partial charge in [-0.05, 0) is 65.9 Å². The van der Waals surface area contributed by atoms with Gasteiger partial charge in [0, 0.05) is 31.6 Å². The van der Waals surface area contributed by atoms with Gasteiger partial charge in [0.2, 0.25) is 0 Å². The molecule has 6 heteroatoms. The first-order valence-electron chi connectivity index (χ1n) is 12.4. The highest BCUT2D eigenvalue weighted by molar-refractivity contribution is 5.69. The van der Waals surface area contributed by atoms with Crippen molar-refractivity contribution in [3.8, 4) is 16.9 Å². The fourth-order valence-corrected chi connectivity index (χ4v) is 4.84. The number of aryl methyl sites for hydroxylation is 2. The van der Waals surface area contributed by atoms with Crippen molar-refractivity contribution in [3.05, 3.63) is 106 Å². The smallest absolute Gasteiger partial charge is 0.141 e. The van der Waals surface area contributed by atoms with Crippen LogP contribution in [-0.4, -0.2) is 36.4 Å². The summed E-state index contributed by atoms with van der Waals surface area (Å²) >= 11 is 0. The van der Waals surface area contributed by atoms with Crippen LogP contribution in [0.2, 0.25) is 0 Å². The monoisotopic (exact) mass is 486 g/mol. The first-order valence-corrected chi connectivity index (χ1v) is 12.4. The van der Waals surface area contributed by atoms with Crippen LogP contribution < -0.4 is 4.74 Å². The zero-order valence-corrected chi connectivity index (χ0v) is 20.8. The summed E-state index contributed by atoms with van der Waals surface area (Å²) in [5, 5.41) is 4.12. The van der Waals surface area contributed by atoms with Crippen LogP contribution in [0.15, 0.2) is 71.3 Å². The van der Waals surface area contributed by atoms with Crippen LogP contribution in [0.3, 0.4) is 0 Å². The number of fused-ring (bicyclic) bond motifs is 3. The summed E-state index contributed by atoms with van der Waals surface area (Å²) < 4.78 is 31.2. The van der Waals surface area contributed by atoms with Gasteiger partial charge in [-0.1, -0.05) is 47.6 Å². The Bertz CT molecular complexity index is 1310. The quantitative estimate of drug-likeness (QED) is 0.350. The van der Waals surface area contributed by atoms with Gasteiger partial charge in [-0.25, -0.2) is 4.39 Å². The van der Waals surface area contributed by atoms with Crippen molar-refractivity contribution in [2.45, 2.75) is 33.4 Å². The molecule has 3 aromatic carbocycles. The third-order valence-corrected chi connectivity index (χ3v) is 6.51. The van der Waals surface area contributed by atoms with Gasteiger partial charge in [0.25, 0.3) is 0 Å². The van der Waals surface area contributed by atoms with E-state index in [0.29, 0.717) is 26.4 Å². The third-order valence-electron chi connectivity index (χ3n) is 6.51. The maximum absolute atomic E-state index is 13.8. The van der Waals surface area contributed by atoms with Gasteiger partial charge < -0.3 is 14.0 Å². The molecule has 2 bridgehead atoms. The molecule has 36 heavy (non-hydrogen) atoms. The minimum absolute atomic E-state index is 0.209. The third kappa shape index (κ3) is 5.83. The van der Waals surface area contributed by atoms with Crippen LogP contribution in [0.25, 0.3) is 11.1 Å². The fourth-order valence-electron chi connectivity index (χ4n) is 4.84. The highest BCUT2D eigenvalue weighted by atomic mass is 19.1. The normalized spacial score (nSPS) is 15.1. The summed E-state index contributed by atoms with van der Waals surface area (Å²) in [6, 6.07) is 21.7. The van der Waals surface area contributed by atoms with Crippen molar-refractivity contribution in [3.63, 3.8) is 0 Å². The number of ether oxygens (including phenoxy) is 2. The average Bonchev–Trinajstić information content (AvgIpc) is 3.19. The lowest BCUT2D eigenvalue weighted by Crippen LogP contribution is -2.27. The van der Waals surface area contributed by atoms with Gasteiger partial charge in [0.1, 0.15) is 23.9 Å². The molecule has 0 N–H and O–H groups in total. The van der Waals surface area contributed by atoms with E-state index < -0.39 is 0 Å². The van der Waals surface area contributed by atoms with Gasteiger partial charge in [0.15, 0.2) is 0 Å². The lowest BCUT2D eigenvalue weighted by molar-refractivity contribution is 0.0757. The fraction of sp³-hybridized carbons (Fsp3) is 0.300. The SMILES string of the molecule is Cc1noc(C)c1-c1ccc2c(c1)Cc1cccc(c1)CN(Cc1cccc(F)c1)CCOCCO2. The highest BCUT2D eigenvalue weighted by Gasteiger charge is 2.16. The minimum atomic E-state index is -0.209. The molecule has 0 amide bonds. The molecule has 0 spiro atoms. The van der Waals surface area contributed by atoms with Crippen LogP contribution >= 0.6 is 0 Å². The minimum Gasteiger partial charge on any atom is -0.491 e. The van der Waals surface area contributed by atoms with Crippen molar-refractivity contribution in [2.24, 2.45) is 0 Å². The molecule has 2 heterocycles. The molecule has 0 saturated carbocycles. The Kier molecular flexibility index (Phi) is 7.44. The second-order valence-electron chi connectivity index (χ2n) is 9.32. The van der Waals surface area contributed by atoms with E-state index in [9.17, 15) is 4.39 Å². The number of hydrogen-bond donors (Lipinski definition) is 0. The maximum atomic E-state index is 13.8. The molecule has 4 aromatic rings. The van der Waals surface area contributed by atoms with Gasteiger partial charge in [-0.15, -0.1) is 0 Å². The van der Waals surface area contributed by atoms with Crippen LogP contribution in [0, 0.1) is 19.7 Å². The molecular formula is C30H31FN2O3. The van der Waals surface area contributed by atoms with E-state index in [2.05, 4.69) is 46.5 Å². The largest absolute Gasteiger partial charge is 0.491 e. The Morgan fingerprint density at radius 3 is 2.61 bits per heavy atom. The summed E-state index contributed by atoms with van der Waals surface area (Å²) in [7, 11) is 0. The molecule has 5 nitrogen and oxygen atoms in total. The number of benzene rings is 3. The average molecular weight is 487 g/mol. The second-order valence-corrected chi connectivity index (χ2v) is 9.32. The molecule has 0 atom stereocenters. The van der Waals surface area contributed by atoms with Crippen molar-refractivity contribution in [1.82, 2.24) is 10.1 Å². The molecule has 0 unspecified atom stereocenters. The topological polar surface area (TPSA) is 47.7 Å². The van der Waals surface area contributed by atoms with E-state index in [4.69, 9.17) is 14.0 Å². The van der Waals surface area contributed by atoms with E-state index in [1.165, 1.54) is 17.2 Å². The van der Waals surface area contributed by atoms with E-state index >= 15 is 0 Å². The zero-order chi connectivity index (χ0) is 24.9. The Morgan fingerprint density at radius 1 is 0.917 bits per heavy atom. The maximum Gasteiger partial charge on any atom is 0.141 e.